The minimum absolute atomic E-state index is 0.0542. The number of carbonyl (C=O) groups is 1. The first-order chi connectivity index (χ1) is 11.8. The minimum Gasteiger partial charge on any atom is -0.454 e. The van der Waals surface area contributed by atoms with E-state index in [0.717, 1.165) is 34.3 Å². The summed E-state index contributed by atoms with van der Waals surface area (Å²) in [6.45, 7) is 0.850. The fraction of sp³-hybridized carbons (Fsp3) is 0.150. The normalized spacial score (nSPS) is 12.3. The van der Waals surface area contributed by atoms with E-state index in [1.54, 1.807) is 0 Å². The van der Waals surface area contributed by atoms with Crippen molar-refractivity contribution in [2.45, 2.75) is 6.42 Å². The molecule has 3 aromatic rings. The molecule has 0 spiro atoms. The molecule has 0 aliphatic carbocycles. The van der Waals surface area contributed by atoms with Gasteiger partial charge in [-0.25, -0.2) is 0 Å². The molecule has 120 valence electrons. The number of amides is 1. The third kappa shape index (κ3) is 2.91. The van der Waals surface area contributed by atoms with Gasteiger partial charge in [0, 0.05) is 12.1 Å². The highest BCUT2D eigenvalue weighted by Crippen LogP contribution is 2.32. The van der Waals surface area contributed by atoms with Gasteiger partial charge in [0.2, 0.25) is 6.79 Å². The Morgan fingerprint density at radius 3 is 2.67 bits per heavy atom. The summed E-state index contributed by atoms with van der Waals surface area (Å²) in [5, 5.41) is 5.17. The lowest BCUT2D eigenvalue weighted by atomic mass is 10.1. The summed E-state index contributed by atoms with van der Waals surface area (Å²) in [6.07, 6.45) is 0.746. The Hall–Kier alpha value is -3.01. The molecule has 0 bridgehead atoms. The lowest BCUT2D eigenvalue weighted by Gasteiger charge is -2.07. The SMILES string of the molecule is O=C(NCCc1ccc2c(c1)OCO2)c1ccc2ccccc2c1. The fourth-order valence-electron chi connectivity index (χ4n) is 2.85. The van der Waals surface area contributed by atoms with Crippen LogP contribution in [-0.4, -0.2) is 19.2 Å². The van der Waals surface area contributed by atoms with E-state index in [4.69, 9.17) is 9.47 Å². The molecule has 4 heteroatoms. The minimum atomic E-state index is -0.0542. The maximum absolute atomic E-state index is 12.3. The molecule has 0 radical (unpaired) electrons. The van der Waals surface area contributed by atoms with Gasteiger partial charge in [-0.1, -0.05) is 36.4 Å². The van der Waals surface area contributed by atoms with E-state index in [2.05, 4.69) is 5.32 Å². The zero-order chi connectivity index (χ0) is 16.4. The molecule has 1 heterocycles. The zero-order valence-electron chi connectivity index (χ0n) is 13.1. The smallest absolute Gasteiger partial charge is 0.251 e. The van der Waals surface area contributed by atoms with Crippen LogP contribution in [0.1, 0.15) is 15.9 Å². The van der Waals surface area contributed by atoms with Gasteiger partial charge in [0.15, 0.2) is 11.5 Å². The van der Waals surface area contributed by atoms with Crippen LogP contribution in [-0.2, 0) is 6.42 Å². The van der Waals surface area contributed by atoms with Crippen LogP contribution in [0.4, 0.5) is 0 Å². The van der Waals surface area contributed by atoms with Crippen molar-refractivity contribution in [2.24, 2.45) is 0 Å². The van der Waals surface area contributed by atoms with Gasteiger partial charge in [0.25, 0.3) is 5.91 Å². The standard InChI is InChI=1S/C20H17NO3/c22-20(17-7-6-15-3-1-2-4-16(15)12-17)21-10-9-14-5-8-18-19(11-14)24-13-23-18/h1-8,11-12H,9-10,13H2,(H,21,22). The van der Waals surface area contributed by atoms with E-state index in [9.17, 15) is 4.79 Å². The van der Waals surface area contributed by atoms with Gasteiger partial charge < -0.3 is 14.8 Å². The lowest BCUT2D eigenvalue weighted by Crippen LogP contribution is -2.25. The predicted molar refractivity (Wildman–Crippen MR) is 92.6 cm³/mol. The largest absolute Gasteiger partial charge is 0.454 e. The molecule has 0 atom stereocenters. The number of hydrogen-bond donors (Lipinski definition) is 1. The Morgan fingerprint density at radius 2 is 1.75 bits per heavy atom. The second-order valence-electron chi connectivity index (χ2n) is 5.76. The molecule has 0 saturated carbocycles. The van der Waals surface area contributed by atoms with Crippen LogP contribution in [0, 0.1) is 0 Å². The molecule has 0 aromatic heterocycles. The topological polar surface area (TPSA) is 47.6 Å². The maximum Gasteiger partial charge on any atom is 0.251 e. The molecule has 4 nitrogen and oxygen atoms in total. The monoisotopic (exact) mass is 319 g/mol. The van der Waals surface area contributed by atoms with E-state index in [1.165, 1.54) is 0 Å². The van der Waals surface area contributed by atoms with Crippen molar-refractivity contribution in [3.8, 4) is 11.5 Å². The Bertz CT molecular complexity index is 904. The van der Waals surface area contributed by atoms with Gasteiger partial charge in [0.1, 0.15) is 0 Å². The quantitative estimate of drug-likeness (QED) is 0.800. The molecule has 0 unspecified atom stereocenters. The molecule has 1 aliphatic rings. The van der Waals surface area contributed by atoms with Crippen molar-refractivity contribution in [3.63, 3.8) is 0 Å². The Labute approximate surface area is 140 Å². The fourth-order valence-corrected chi connectivity index (χ4v) is 2.85. The highest BCUT2D eigenvalue weighted by Gasteiger charge is 2.13. The molecule has 0 fully saturated rings. The number of carbonyl (C=O) groups excluding carboxylic acids is 1. The summed E-state index contributed by atoms with van der Waals surface area (Å²) in [6, 6.07) is 19.6. The third-order valence-electron chi connectivity index (χ3n) is 4.15. The molecule has 1 amide bonds. The van der Waals surface area contributed by atoms with E-state index in [1.807, 2.05) is 60.7 Å². The number of nitrogens with one attached hydrogen (secondary N) is 1. The summed E-state index contributed by atoms with van der Waals surface area (Å²) < 4.78 is 10.7. The van der Waals surface area contributed by atoms with Crippen LogP contribution in [0.15, 0.2) is 60.7 Å². The summed E-state index contributed by atoms with van der Waals surface area (Å²) in [5.41, 5.74) is 1.79. The molecule has 1 N–H and O–H groups in total. The molecule has 0 saturated heterocycles. The van der Waals surface area contributed by atoms with E-state index >= 15 is 0 Å². The average Bonchev–Trinajstić information content (AvgIpc) is 3.09. The zero-order valence-corrected chi connectivity index (χ0v) is 13.1. The lowest BCUT2D eigenvalue weighted by molar-refractivity contribution is 0.0954. The molecule has 3 aromatic carbocycles. The summed E-state index contributed by atoms with van der Waals surface area (Å²) in [4.78, 5) is 12.3. The van der Waals surface area contributed by atoms with Gasteiger partial charge in [0.05, 0.1) is 0 Å². The number of benzene rings is 3. The first-order valence-corrected chi connectivity index (χ1v) is 7.95. The molecular weight excluding hydrogens is 302 g/mol. The highest BCUT2D eigenvalue weighted by molar-refractivity contribution is 5.98. The average molecular weight is 319 g/mol. The second kappa shape index (κ2) is 6.24. The Balaban J connectivity index is 1.39. The highest BCUT2D eigenvalue weighted by atomic mass is 16.7. The van der Waals surface area contributed by atoms with Crippen molar-refractivity contribution in [2.75, 3.05) is 13.3 Å². The van der Waals surface area contributed by atoms with Gasteiger partial charge in [-0.05, 0) is 47.0 Å². The first-order valence-electron chi connectivity index (χ1n) is 7.95. The van der Waals surface area contributed by atoms with Gasteiger partial charge in [-0.2, -0.15) is 0 Å². The van der Waals surface area contributed by atoms with Crippen LogP contribution >= 0.6 is 0 Å². The van der Waals surface area contributed by atoms with Crippen molar-refractivity contribution < 1.29 is 14.3 Å². The third-order valence-corrected chi connectivity index (χ3v) is 4.15. The number of rotatable bonds is 4. The van der Waals surface area contributed by atoms with Crippen LogP contribution in [0.3, 0.4) is 0 Å². The second-order valence-corrected chi connectivity index (χ2v) is 5.76. The van der Waals surface area contributed by atoms with Crippen LogP contribution in [0.5, 0.6) is 11.5 Å². The van der Waals surface area contributed by atoms with Crippen molar-refractivity contribution in [1.29, 1.82) is 0 Å². The van der Waals surface area contributed by atoms with Crippen LogP contribution in [0.2, 0.25) is 0 Å². The number of hydrogen-bond acceptors (Lipinski definition) is 3. The maximum atomic E-state index is 12.3. The molecule has 24 heavy (non-hydrogen) atoms. The molecule has 1 aliphatic heterocycles. The van der Waals surface area contributed by atoms with Crippen molar-refractivity contribution >= 4 is 16.7 Å². The van der Waals surface area contributed by atoms with Crippen molar-refractivity contribution in [1.82, 2.24) is 5.32 Å². The Kier molecular flexibility index (Phi) is 3.79. The van der Waals surface area contributed by atoms with Gasteiger partial charge >= 0.3 is 0 Å². The van der Waals surface area contributed by atoms with E-state index < -0.39 is 0 Å². The molecule has 4 rings (SSSR count). The van der Waals surface area contributed by atoms with Gasteiger partial charge in [-0.3, -0.25) is 4.79 Å². The van der Waals surface area contributed by atoms with Crippen molar-refractivity contribution in [3.05, 3.63) is 71.8 Å². The molecular formula is C20H17NO3. The van der Waals surface area contributed by atoms with E-state index in [-0.39, 0.29) is 12.7 Å². The number of ether oxygens (including phenoxy) is 2. The van der Waals surface area contributed by atoms with Crippen LogP contribution < -0.4 is 14.8 Å². The first kappa shape index (κ1) is 14.6. The van der Waals surface area contributed by atoms with Gasteiger partial charge in [-0.15, -0.1) is 0 Å². The van der Waals surface area contributed by atoms with Crippen LogP contribution in [0.25, 0.3) is 10.8 Å². The summed E-state index contributed by atoms with van der Waals surface area (Å²) >= 11 is 0. The number of fused-ring (bicyclic) bond motifs is 2. The summed E-state index contributed by atoms with van der Waals surface area (Å²) in [7, 11) is 0. The Morgan fingerprint density at radius 1 is 0.917 bits per heavy atom. The summed E-state index contributed by atoms with van der Waals surface area (Å²) in [5.74, 6) is 1.49. The van der Waals surface area contributed by atoms with E-state index in [0.29, 0.717) is 12.1 Å². The predicted octanol–water partition coefficient (Wildman–Crippen LogP) is 3.54.